The monoisotopic (exact) mass is 459 g/mol. The van der Waals surface area contributed by atoms with E-state index in [9.17, 15) is 31.1 Å². The summed E-state index contributed by atoms with van der Waals surface area (Å²) in [7, 11) is 0. The van der Waals surface area contributed by atoms with E-state index in [4.69, 9.17) is 4.42 Å². The molecule has 3 aromatic rings. The number of ether oxygens (including phenoxy) is 1. The topological polar surface area (TPSA) is 67.6 Å². The summed E-state index contributed by atoms with van der Waals surface area (Å²) in [6, 6.07) is 6.55. The number of para-hydroxylation sites is 1. The lowest BCUT2D eigenvalue weighted by molar-refractivity contribution is -0.253. The van der Waals surface area contributed by atoms with Gasteiger partial charge in [-0.1, -0.05) is 12.1 Å². The van der Waals surface area contributed by atoms with E-state index in [1.54, 1.807) is 0 Å². The molecule has 0 bridgehead atoms. The van der Waals surface area contributed by atoms with Gasteiger partial charge in [-0.15, -0.1) is 0 Å². The molecular formula is C20H15F6N3O3. The van der Waals surface area contributed by atoms with E-state index in [-0.39, 0.29) is 35.8 Å². The van der Waals surface area contributed by atoms with Crippen molar-refractivity contribution < 1.29 is 40.3 Å². The molecule has 1 fully saturated rings. The number of likely N-dealkylation sites (tertiary alicyclic amines) is 1. The molecular weight excluding hydrogens is 444 g/mol. The van der Waals surface area contributed by atoms with Crippen LogP contribution in [0.5, 0.6) is 5.75 Å². The van der Waals surface area contributed by atoms with Gasteiger partial charge in [-0.3, -0.25) is 4.79 Å². The SMILES string of the molecule is O=C(c1ccccc1OC(F)(F)C(F)F)N1CCC(Nc2nc3ccc(F)c(F)c3o2)C1. The Balaban J connectivity index is 1.46. The Kier molecular flexibility index (Phi) is 5.61. The maximum absolute atomic E-state index is 13.8. The Bertz CT molecular complexity index is 1150. The number of anilines is 1. The molecule has 6 nitrogen and oxygen atoms in total. The number of rotatable bonds is 6. The average Bonchev–Trinajstić information content (AvgIpc) is 3.38. The van der Waals surface area contributed by atoms with Crippen molar-refractivity contribution in [3.63, 3.8) is 0 Å². The predicted octanol–water partition coefficient (Wildman–Crippen LogP) is 4.67. The average molecular weight is 459 g/mol. The summed E-state index contributed by atoms with van der Waals surface area (Å²) in [5.41, 5.74) is -0.555. The number of fused-ring (bicyclic) bond motifs is 1. The molecule has 32 heavy (non-hydrogen) atoms. The van der Waals surface area contributed by atoms with Crippen molar-refractivity contribution in [2.45, 2.75) is 25.0 Å². The van der Waals surface area contributed by atoms with Gasteiger partial charge in [0.15, 0.2) is 11.4 Å². The number of carbonyl (C=O) groups is 1. The molecule has 2 aromatic carbocycles. The zero-order chi connectivity index (χ0) is 23.0. The lowest BCUT2D eigenvalue weighted by Crippen LogP contribution is -2.35. The Hall–Kier alpha value is -3.44. The van der Waals surface area contributed by atoms with Crippen LogP contribution in [-0.4, -0.2) is 47.5 Å². The van der Waals surface area contributed by atoms with Crippen LogP contribution in [0.3, 0.4) is 0 Å². The number of hydrogen-bond acceptors (Lipinski definition) is 5. The van der Waals surface area contributed by atoms with Gasteiger partial charge in [0.05, 0.1) is 5.56 Å². The molecule has 12 heteroatoms. The standard InChI is InChI=1S/C20H15F6N3O3/c21-12-5-6-13-16(15(12)22)31-19(28-13)27-10-7-8-29(9-10)17(30)11-3-1-2-4-14(11)32-20(25,26)18(23)24/h1-6,10,18H,7-9H2,(H,27,28). The number of oxazole rings is 1. The molecule has 1 N–H and O–H groups in total. The van der Waals surface area contributed by atoms with Crippen molar-refractivity contribution in [1.29, 1.82) is 0 Å². The van der Waals surface area contributed by atoms with Gasteiger partial charge in [0, 0.05) is 19.1 Å². The van der Waals surface area contributed by atoms with Crippen LogP contribution in [0.15, 0.2) is 40.8 Å². The maximum atomic E-state index is 13.8. The second kappa shape index (κ2) is 8.24. The highest BCUT2D eigenvalue weighted by molar-refractivity contribution is 5.97. The summed E-state index contributed by atoms with van der Waals surface area (Å²) in [4.78, 5) is 18.1. The summed E-state index contributed by atoms with van der Waals surface area (Å²) in [5, 5.41) is 2.87. The molecule has 2 heterocycles. The van der Waals surface area contributed by atoms with Crippen molar-refractivity contribution >= 4 is 23.0 Å². The molecule has 0 spiro atoms. The van der Waals surface area contributed by atoms with Crippen molar-refractivity contribution in [3.8, 4) is 5.75 Å². The molecule has 1 aromatic heterocycles. The molecule has 1 unspecified atom stereocenters. The lowest BCUT2D eigenvalue weighted by Gasteiger charge is -2.21. The summed E-state index contributed by atoms with van der Waals surface area (Å²) < 4.78 is 88.0. The highest BCUT2D eigenvalue weighted by Crippen LogP contribution is 2.31. The molecule has 170 valence electrons. The molecule has 0 radical (unpaired) electrons. The first-order chi connectivity index (χ1) is 15.2. The third kappa shape index (κ3) is 4.16. The third-order valence-corrected chi connectivity index (χ3v) is 4.87. The molecule has 0 aliphatic carbocycles. The summed E-state index contributed by atoms with van der Waals surface area (Å²) in [6.07, 6.45) is -8.43. The lowest BCUT2D eigenvalue weighted by atomic mass is 10.1. The largest absolute Gasteiger partial charge is 0.461 e. The van der Waals surface area contributed by atoms with Gasteiger partial charge in [-0.2, -0.15) is 26.9 Å². The van der Waals surface area contributed by atoms with Gasteiger partial charge < -0.3 is 19.4 Å². The number of hydrogen-bond donors (Lipinski definition) is 1. The fraction of sp³-hybridized carbons (Fsp3) is 0.300. The Labute approximate surface area is 176 Å². The highest BCUT2D eigenvalue weighted by atomic mass is 19.3. The fourth-order valence-electron chi connectivity index (χ4n) is 3.33. The molecule has 1 amide bonds. The second-order valence-electron chi connectivity index (χ2n) is 7.07. The minimum atomic E-state index is -4.76. The van der Waals surface area contributed by atoms with Crippen LogP contribution in [0.1, 0.15) is 16.8 Å². The van der Waals surface area contributed by atoms with Crippen LogP contribution < -0.4 is 10.1 Å². The van der Waals surface area contributed by atoms with E-state index >= 15 is 0 Å². The van der Waals surface area contributed by atoms with Crippen molar-refractivity contribution in [3.05, 3.63) is 53.6 Å². The fourth-order valence-corrected chi connectivity index (χ4v) is 3.33. The van der Waals surface area contributed by atoms with Crippen LogP contribution in [0.2, 0.25) is 0 Å². The van der Waals surface area contributed by atoms with E-state index in [1.165, 1.54) is 29.2 Å². The smallest absolute Gasteiger partial charge is 0.427 e. The van der Waals surface area contributed by atoms with Crippen LogP contribution in [0.4, 0.5) is 32.4 Å². The number of aromatic nitrogens is 1. The number of carbonyl (C=O) groups excluding carboxylic acids is 1. The van der Waals surface area contributed by atoms with Gasteiger partial charge in [0.1, 0.15) is 11.3 Å². The molecule has 4 rings (SSSR count). The number of alkyl halides is 4. The minimum absolute atomic E-state index is 0.0795. The number of nitrogens with zero attached hydrogens (tertiary/aromatic N) is 2. The van der Waals surface area contributed by atoms with E-state index in [2.05, 4.69) is 15.0 Å². The van der Waals surface area contributed by atoms with E-state index < -0.39 is 41.9 Å². The van der Waals surface area contributed by atoms with Gasteiger partial charge in [0.25, 0.3) is 11.9 Å². The van der Waals surface area contributed by atoms with Crippen molar-refractivity contribution in [2.24, 2.45) is 0 Å². The van der Waals surface area contributed by atoms with Gasteiger partial charge >= 0.3 is 12.5 Å². The Morgan fingerprint density at radius 2 is 1.97 bits per heavy atom. The number of halogens is 6. The van der Waals surface area contributed by atoms with Crippen molar-refractivity contribution in [2.75, 3.05) is 18.4 Å². The van der Waals surface area contributed by atoms with Crippen LogP contribution in [0.25, 0.3) is 11.1 Å². The molecule has 1 aliphatic heterocycles. The summed E-state index contributed by atoms with van der Waals surface area (Å²) in [5.74, 6) is -3.63. The van der Waals surface area contributed by atoms with Crippen molar-refractivity contribution in [1.82, 2.24) is 9.88 Å². The minimum Gasteiger partial charge on any atom is -0.427 e. The van der Waals surface area contributed by atoms with Crippen LogP contribution in [-0.2, 0) is 0 Å². The first-order valence-corrected chi connectivity index (χ1v) is 9.40. The Morgan fingerprint density at radius 1 is 1.22 bits per heavy atom. The van der Waals surface area contributed by atoms with E-state index in [0.29, 0.717) is 6.42 Å². The van der Waals surface area contributed by atoms with Gasteiger partial charge in [0.2, 0.25) is 5.82 Å². The summed E-state index contributed by atoms with van der Waals surface area (Å²) >= 11 is 0. The van der Waals surface area contributed by atoms with E-state index in [1.807, 2.05) is 0 Å². The quantitative estimate of drug-likeness (QED) is 0.543. The first kappa shape index (κ1) is 21.8. The highest BCUT2D eigenvalue weighted by Gasteiger charge is 2.45. The second-order valence-corrected chi connectivity index (χ2v) is 7.07. The number of amides is 1. The van der Waals surface area contributed by atoms with Crippen LogP contribution in [0, 0.1) is 11.6 Å². The number of benzene rings is 2. The Morgan fingerprint density at radius 3 is 2.72 bits per heavy atom. The maximum Gasteiger partial charge on any atom is 0.461 e. The summed E-state index contributed by atoms with van der Waals surface area (Å²) in [6.45, 7) is 0.299. The zero-order valence-electron chi connectivity index (χ0n) is 16.1. The first-order valence-electron chi connectivity index (χ1n) is 9.40. The number of nitrogens with one attached hydrogen (secondary N) is 1. The third-order valence-electron chi connectivity index (χ3n) is 4.87. The predicted molar refractivity (Wildman–Crippen MR) is 99.9 cm³/mol. The molecule has 1 atom stereocenters. The van der Waals surface area contributed by atoms with E-state index in [0.717, 1.165) is 12.1 Å². The molecule has 0 saturated carbocycles. The van der Waals surface area contributed by atoms with Gasteiger partial charge in [-0.05, 0) is 30.7 Å². The van der Waals surface area contributed by atoms with Crippen LogP contribution >= 0.6 is 0 Å². The molecule has 1 saturated heterocycles. The van der Waals surface area contributed by atoms with Gasteiger partial charge in [-0.25, -0.2) is 4.39 Å². The normalized spacial score (nSPS) is 16.7. The molecule has 1 aliphatic rings. The zero-order valence-corrected chi connectivity index (χ0v) is 16.1.